The van der Waals surface area contributed by atoms with Gasteiger partial charge in [-0.2, -0.15) is 22.5 Å². The summed E-state index contributed by atoms with van der Waals surface area (Å²) in [7, 11) is 1.55. The van der Waals surface area contributed by atoms with Gasteiger partial charge in [0.1, 0.15) is 6.54 Å². The molecule has 1 saturated carbocycles. The molecule has 1 aromatic carbocycles. The summed E-state index contributed by atoms with van der Waals surface area (Å²) in [5.41, 5.74) is 0.984. The van der Waals surface area contributed by atoms with Crippen LogP contribution in [0, 0.1) is 23.5 Å². The number of piperidine rings is 1. The molecule has 0 unspecified atom stereocenters. The number of ether oxygens (including phenoxy) is 2. The monoisotopic (exact) mass is 510 g/mol. The molecular weight excluding hydrogens is 487 g/mol. The predicted molar refractivity (Wildman–Crippen MR) is 119 cm³/mol. The van der Waals surface area contributed by atoms with E-state index in [1.807, 2.05) is 12.1 Å². The number of hydrogen-bond donors (Lipinski definition) is 1. The van der Waals surface area contributed by atoms with Crippen molar-refractivity contribution < 1.29 is 31.4 Å². The minimum atomic E-state index is -4.63. The Kier molecular flexibility index (Phi) is 6.31. The molecule has 0 amide bonds. The maximum Gasteiger partial charge on any atom is 0.408 e. The average Bonchev–Trinajstić information content (AvgIpc) is 3.29. The molecule has 3 atom stereocenters. The average molecular weight is 510 g/mol. The molecule has 192 valence electrons. The standard InChI is InChI=1S/C23H23F5N6O2/c1-35-18-9-15(7-8-29-18)33-10-13-5-6-14(11-33)20(13)30-21-31-22(34(32-21)12-23(26,27)28)36-17-4-2-3-16(24)19(17)25/h2-4,7-9,13-14,20H,5-6,10-12H2,1H3,(H,30,32)/t13-,14+,20+. The highest BCUT2D eigenvalue weighted by Gasteiger charge is 2.43. The fourth-order valence-corrected chi connectivity index (χ4v) is 4.92. The largest absolute Gasteiger partial charge is 0.481 e. The van der Waals surface area contributed by atoms with Crippen LogP contribution in [0.1, 0.15) is 12.8 Å². The Morgan fingerprint density at radius 2 is 1.86 bits per heavy atom. The molecule has 3 aromatic rings. The number of pyridine rings is 1. The number of alkyl halides is 3. The number of anilines is 2. The van der Waals surface area contributed by atoms with Crippen molar-refractivity contribution in [1.82, 2.24) is 19.7 Å². The zero-order chi connectivity index (χ0) is 25.4. The fourth-order valence-electron chi connectivity index (χ4n) is 4.92. The summed E-state index contributed by atoms with van der Waals surface area (Å²) >= 11 is 0. The molecule has 2 fully saturated rings. The van der Waals surface area contributed by atoms with Crippen molar-refractivity contribution in [2.75, 3.05) is 30.4 Å². The van der Waals surface area contributed by atoms with Crippen LogP contribution < -0.4 is 19.7 Å². The van der Waals surface area contributed by atoms with Crippen molar-refractivity contribution in [3.8, 4) is 17.6 Å². The lowest BCUT2D eigenvalue weighted by molar-refractivity contribution is -0.143. The maximum absolute atomic E-state index is 14.1. The molecule has 2 aliphatic rings. The number of halogens is 5. The smallest absolute Gasteiger partial charge is 0.408 e. The van der Waals surface area contributed by atoms with Crippen LogP contribution in [0.3, 0.4) is 0 Å². The third-order valence-electron chi connectivity index (χ3n) is 6.51. The highest BCUT2D eigenvalue weighted by atomic mass is 19.4. The highest BCUT2D eigenvalue weighted by molar-refractivity contribution is 5.49. The van der Waals surface area contributed by atoms with E-state index >= 15 is 0 Å². The second kappa shape index (κ2) is 9.43. The molecule has 2 aromatic heterocycles. The first-order chi connectivity index (χ1) is 17.2. The number of nitrogens with one attached hydrogen (secondary N) is 1. The summed E-state index contributed by atoms with van der Waals surface area (Å²) < 4.78 is 78.0. The Labute approximate surface area is 203 Å². The molecule has 3 heterocycles. The van der Waals surface area contributed by atoms with Crippen LogP contribution in [-0.4, -0.2) is 52.2 Å². The van der Waals surface area contributed by atoms with Crippen molar-refractivity contribution >= 4 is 11.6 Å². The molecule has 1 aliphatic heterocycles. The van der Waals surface area contributed by atoms with Gasteiger partial charge in [0, 0.05) is 37.1 Å². The molecule has 36 heavy (non-hydrogen) atoms. The number of hydrogen-bond acceptors (Lipinski definition) is 7. The van der Waals surface area contributed by atoms with Crippen molar-refractivity contribution in [2.24, 2.45) is 11.8 Å². The van der Waals surface area contributed by atoms with Crippen LogP contribution in [0.5, 0.6) is 17.6 Å². The first-order valence-electron chi connectivity index (χ1n) is 11.3. The topological polar surface area (TPSA) is 77.3 Å². The highest BCUT2D eigenvalue weighted by Crippen LogP contribution is 2.40. The molecule has 2 bridgehead atoms. The Bertz CT molecular complexity index is 1220. The molecule has 1 N–H and O–H groups in total. The molecule has 5 rings (SSSR count). The van der Waals surface area contributed by atoms with E-state index in [4.69, 9.17) is 9.47 Å². The molecule has 1 aliphatic carbocycles. The Morgan fingerprint density at radius 3 is 2.56 bits per heavy atom. The zero-order valence-electron chi connectivity index (χ0n) is 19.2. The minimum absolute atomic E-state index is 0.0630. The van der Waals surface area contributed by atoms with Gasteiger partial charge in [0.2, 0.25) is 17.6 Å². The molecule has 1 saturated heterocycles. The van der Waals surface area contributed by atoms with Gasteiger partial charge in [0.25, 0.3) is 0 Å². The number of fused-ring (bicyclic) bond motifs is 2. The second-order valence-electron chi connectivity index (χ2n) is 8.87. The van der Waals surface area contributed by atoms with Gasteiger partial charge in [-0.25, -0.2) is 14.1 Å². The maximum atomic E-state index is 14.1. The number of nitrogens with zero attached hydrogens (tertiary/aromatic N) is 5. The van der Waals surface area contributed by atoms with Gasteiger partial charge in [-0.05, 0) is 42.9 Å². The number of benzene rings is 1. The van der Waals surface area contributed by atoms with Gasteiger partial charge in [-0.15, -0.1) is 5.10 Å². The number of methoxy groups -OCH3 is 1. The third kappa shape index (κ3) is 5.00. The van der Waals surface area contributed by atoms with Crippen molar-refractivity contribution in [3.05, 3.63) is 48.2 Å². The number of aromatic nitrogens is 4. The van der Waals surface area contributed by atoms with Gasteiger partial charge in [-0.3, -0.25) is 0 Å². The lowest BCUT2D eigenvalue weighted by Gasteiger charge is -2.39. The first-order valence-corrected chi connectivity index (χ1v) is 11.3. The Hall–Kier alpha value is -3.64. The van der Waals surface area contributed by atoms with Crippen LogP contribution in [-0.2, 0) is 6.54 Å². The van der Waals surface area contributed by atoms with E-state index in [0.29, 0.717) is 10.6 Å². The lowest BCUT2D eigenvalue weighted by atomic mass is 9.92. The van der Waals surface area contributed by atoms with Gasteiger partial charge in [-0.1, -0.05) is 6.07 Å². The Balaban J connectivity index is 1.35. The molecule has 0 spiro atoms. The summed E-state index contributed by atoms with van der Waals surface area (Å²) in [5, 5.41) is 7.10. The van der Waals surface area contributed by atoms with Crippen LogP contribution in [0.2, 0.25) is 0 Å². The van der Waals surface area contributed by atoms with E-state index in [1.54, 1.807) is 13.3 Å². The minimum Gasteiger partial charge on any atom is -0.481 e. The van der Waals surface area contributed by atoms with Crippen molar-refractivity contribution in [3.63, 3.8) is 0 Å². The van der Waals surface area contributed by atoms with Gasteiger partial charge < -0.3 is 19.7 Å². The van der Waals surface area contributed by atoms with Crippen molar-refractivity contribution in [1.29, 1.82) is 0 Å². The van der Waals surface area contributed by atoms with E-state index < -0.39 is 36.1 Å². The molecule has 8 nitrogen and oxygen atoms in total. The predicted octanol–water partition coefficient (Wildman–Crippen LogP) is 4.64. The number of rotatable bonds is 7. The van der Waals surface area contributed by atoms with E-state index in [1.165, 1.54) is 6.07 Å². The van der Waals surface area contributed by atoms with E-state index in [-0.39, 0.29) is 23.8 Å². The van der Waals surface area contributed by atoms with Gasteiger partial charge in [0.15, 0.2) is 11.6 Å². The molecule has 0 radical (unpaired) electrons. The van der Waals surface area contributed by atoms with Crippen LogP contribution in [0.4, 0.5) is 33.6 Å². The van der Waals surface area contributed by atoms with E-state index in [9.17, 15) is 22.0 Å². The lowest BCUT2D eigenvalue weighted by Crippen LogP contribution is -2.48. The van der Waals surface area contributed by atoms with Crippen molar-refractivity contribution in [2.45, 2.75) is 31.6 Å². The Morgan fingerprint density at radius 1 is 1.11 bits per heavy atom. The third-order valence-corrected chi connectivity index (χ3v) is 6.51. The van der Waals surface area contributed by atoms with Crippen LogP contribution in [0.25, 0.3) is 0 Å². The summed E-state index contributed by atoms with van der Waals surface area (Å²) in [6.07, 6.45) is -1.08. The summed E-state index contributed by atoms with van der Waals surface area (Å²) in [5.74, 6) is -2.26. The van der Waals surface area contributed by atoms with Crippen LogP contribution in [0.15, 0.2) is 36.5 Å². The summed E-state index contributed by atoms with van der Waals surface area (Å²) in [4.78, 5) is 10.4. The molecule has 13 heteroatoms. The van der Waals surface area contributed by atoms with E-state index in [2.05, 4.69) is 25.3 Å². The van der Waals surface area contributed by atoms with E-state index in [0.717, 1.165) is 43.8 Å². The summed E-state index contributed by atoms with van der Waals surface area (Å²) in [6.45, 7) is -0.0476. The summed E-state index contributed by atoms with van der Waals surface area (Å²) in [6, 6.07) is 6.27. The normalized spacial score (nSPS) is 21.5. The quantitative estimate of drug-likeness (QED) is 0.464. The molecular formula is C23H23F5N6O2. The fraction of sp³-hybridized carbons (Fsp3) is 0.435. The van der Waals surface area contributed by atoms with Gasteiger partial charge in [0.05, 0.1) is 7.11 Å². The van der Waals surface area contributed by atoms with Gasteiger partial charge >= 0.3 is 12.2 Å². The zero-order valence-corrected chi connectivity index (χ0v) is 19.2. The first kappa shape index (κ1) is 24.1. The SMILES string of the molecule is COc1cc(N2C[C@H]3CC[C@@H](C2)[C@H]3Nc2nc(Oc3cccc(F)c3F)n(CC(F)(F)F)n2)ccn1. The second-order valence-corrected chi connectivity index (χ2v) is 8.87. The van der Waals surface area contributed by atoms with Crippen LogP contribution >= 0.6 is 0 Å².